The van der Waals surface area contributed by atoms with Gasteiger partial charge in [-0.05, 0) is 36.8 Å². The van der Waals surface area contributed by atoms with Gasteiger partial charge in [0, 0.05) is 11.3 Å². The van der Waals surface area contributed by atoms with Crippen LogP contribution in [-0.4, -0.2) is 16.1 Å². The second-order valence-corrected chi connectivity index (χ2v) is 5.61. The number of nitrogens with zero attached hydrogens (tertiary/aromatic N) is 2. The van der Waals surface area contributed by atoms with Crippen LogP contribution in [0.2, 0.25) is 10.0 Å². The summed E-state index contributed by atoms with van der Waals surface area (Å²) < 4.78 is 5.17. The van der Waals surface area contributed by atoms with E-state index in [1.165, 1.54) is 6.39 Å². The molecule has 0 aliphatic carbocycles. The van der Waals surface area contributed by atoms with Gasteiger partial charge in [0.25, 0.3) is 5.91 Å². The summed E-state index contributed by atoms with van der Waals surface area (Å²) in [5, 5.41) is 10.9. The van der Waals surface area contributed by atoms with E-state index in [4.69, 9.17) is 27.6 Å². The zero-order valence-electron chi connectivity index (χ0n) is 12.0. The minimum atomic E-state index is -0.344. The summed E-state index contributed by atoms with van der Waals surface area (Å²) >= 11 is 12.0. The largest absolute Gasteiger partial charge is 0.423 e. The molecule has 7 heteroatoms. The van der Waals surface area contributed by atoms with Gasteiger partial charge in [-0.1, -0.05) is 35.3 Å². The van der Waals surface area contributed by atoms with Crippen LogP contribution in [0.4, 0.5) is 5.69 Å². The second-order valence-electron chi connectivity index (χ2n) is 4.83. The van der Waals surface area contributed by atoms with Crippen LogP contribution in [0.1, 0.15) is 15.9 Å². The molecule has 0 aliphatic rings. The number of carbonyl (C=O) groups excluding carboxylic acids is 1. The molecule has 0 spiro atoms. The highest BCUT2D eigenvalue weighted by atomic mass is 35.5. The normalized spacial score (nSPS) is 10.6. The van der Waals surface area contributed by atoms with Crippen molar-refractivity contribution < 1.29 is 9.21 Å². The van der Waals surface area contributed by atoms with Gasteiger partial charge in [-0.2, -0.15) is 0 Å². The van der Waals surface area contributed by atoms with Gasteiger partial charge in [0.05, 0.1) is 15.6 Å². The lowest BCUT2D eigenvalue weighted by Gasteiger charge is -2.11. The number of amides is 1. The van der Waals surface area contributed by atoms with Crippen LogP contribution in [0.3, 0.4) is 0 Å². The van der Waals surface area contributed by atoms with Crippen molar-refractivity contribution in [1.29, 1.82) is 0 Å². The summed E-state index contributed by atoms with van der Waals surface area (Å²) in [4.78, 5) is 12.4. The molecule has 0 aliphatic heterocycles. The molecule has 23 heavy (non-hydrogen) atoms. The Kier molecular flexibility index (Phi) is 4.32. The minimum Gasteiger partial charge on any atom is -0.423 e. The predicted molar refractivity (Wildman–Crippen MR) is 88.9 cm³/mol. The van der Waals surface area contributed by atoms with Crippen LogP contribution in [0.5, 0.6) is 0 Å². The van der Waals surface area contributed by atoms with E-state index in [2.05, 4.69) is 15.5 Å². The van der Waals surface area contributed by atoms with E-state index in [1.807, 2.05) is 19.1 Å². The molecule has 3 aromatic rings. The maximum absolute atomic E-state index is 12.4. The van der Waals surface area contributed by atoms with E-state index in [0.717, 1.165) is 5.56 Å². The minimum absolute atomic E-state index is 0.220. The molecule has 2 aromatic carbocycles. The van der Waals surface area contributed by atoms with Crippen molar-refractivity contribution in [3.05, 3.63) is 64.0 Å². The Morgan fingerprint density at radius 2 is 2.04 bits per heavy atom. The third-order valence-corrected chi connectivity index (χ3v) is 4.11. The first-order chi connectivity index (χ1) is 11.1. The zero-order chi connectivity index (χ0) is 16.4. The SMILES string of the molecule is Cc1ccc(-c2nnco2)cc1NC(=O)c1cccc(Cl)c1Cl. The Hall–Kier alpha value is -2.37. The molecule has 5 nitrogen and oxygen atoms in total. The summed E-state index contributed by atoms with van der Waals surface area (Å²) in [6, 6.07) is 10.4. The average Bonchev–Trinajstić information content (AvgIpc) is 3.06. The Balaban J connectivity index is 1.92. The lowest BCUT2D eigenvalue weighted by atomic mass is 10.1. The van der Waals surface area contributed by atoms with Gasteiger partial charge >= 0.3 is 0 Å². The van der Waals surface area contributed by atoms with Crippen molar-refractivity contribution in [1.82, 2.24) is 10.2 Å². The van der Waals surface area contributed by atoms with Gasteiger partial charge in [-0.15, -0.1) is 10.2 Å². The van der Waals surface area contributed by atoms with Gasteiger partial charge in [0.15, 0.2) is 0 Å². The highest BCUT2D eigenvalue weighted by molar-refractivity contribution is 6.44. The van der Waals surface area contributed by atoms with E-state index >= 15 is 0 Å². The summed E-state index contributed by atoms with van der Waals surface area (Å²) in [6.07, 6.45) is 1.25. The summed E-state index contributed by atoms with van der Waals surface area (Å²) in [5.74, 6) is 0.0320. The van der Waals surface area contributed by atoms with E-state index in [9.17, 15) is 4.79 Å². The first-order valence-electron chi connectivity index (χ1n) is 6.69. The second kappa shape index (κ2) is 6.40. The number of hydrogen-bond acceptors (Lipinski definition) is 4. The van der Waals surface area contributed by atoms with Gasteiger partial charge in [0.1, 0.15) is 0 Å². The van der Waals surface area contributed by atoms with Crippen molar-refractivity contribution in [3.8, 4) is 11.5 Å². The molecule has 0 atom stereocenters. The summed E-state index contributed by atoms with van der Waals surface area (Å²) in [7, 11) is 0. The van der Waals surface area contributed by atoms with Crippen molar-refractivity contribution in [2.24, 2.45) is 0 Å². The smallest absolute Gasteiger partial charge is 0.257 e. The number of rotatable bonds is 3. The van der Waals surface area contributed by atoms with Gasteiger partial charge < -0.3 is 9.73 Å². The van der Waals surface area contributed by atoms with Crippen LogP contribution >= 0.6 is 23.2 Å². The molecule has 0 bridgehead atoms. The highest BCUT2D eigenvalue weighted by Gasteiger charge is 2.14. The standard InChI is InChI=1S/C16H11Cl2N3O2/c1-9-5-6-10(16-21-19-8-23-16)7-13(9)20-15(22)11-3-2-4-12(17)14(11)18/h2-8H,1H3,(H,20,22). The number of aromatic nitrogens is 2. The molecule has 0 radical (unpaired) electrons. The molecule has 1 aromatic heterocycles. The molecular formula is C16H11Cl2N3O2. The summed E-state index contributed by atoms with van der Waals surface area (Å²) in [5.41, 5.74) is 2.53. The van der Waals surface area contributed by atoms with Crippen molar-refractivity contribution in [2.75, 3.05) is 5.32 Å². The van der Waals surface area contributed by atoms with Crippen molar-refractivity contribution in [2.45, 2.75) is 6.92 Å². The average molecular weight is 348 g/mol. The maximum Gasteiger partial charge on any atom is 0.257 e. The molecule has 3 rings (SSSR count). The van der Waals surface area contributed by atoms with E-state index in [-0.39, 0.29) is 10.9 Å². The topological polar surface area (TPSA) is 68.0 Å². The van der Waals surface area contributed by atoms with Gasteiger partial charge in [0.2, 0.25) is 12.3 Å². The molecule has 0 saturated carbocycles. The van der Waals surface area contributed by atoms with Crippen molar-refractivity contribution >= 4 is 34.8 Å². The number of hydrogen-bond donors (Lipinski definition) is 1. The molecule has 0 unspecified atom stereocenters. The number of benzene rings is 2. The van der Waals surface area contributed by atoms with E-state index in [1.54, 1.807) is 24.3 Å². The van der Waals surface area contributed by atoms with Crippen LogP contribution < -0.4 is 5.32 Å². The molecule has 0 saturated heterocycles. The maximum atomic E-state index is 12.4. The fourth-order valence-electron chi connectivity index (χ4n) is 2.06. The lowest BCUT2D eigenvalue weighted by Crippen LogP contribution is -2.13. The molecular weight excluding hydrogens is 337 g/mol. The Morgan fingerprint density at radius 3 is 2.78 bits per heavy atom. The van der Waals surface area contributed by atoms with Crippen LogP contribution in [0, 0.1) is 6.92 Å². The first kappa shape index (κ1) is 15.5. The number of carbonyl (C=O) groups is 1. The van der Waals surface area contributed by atoms with E-state index < -0.39 is 0 Å². The highest BCUT2D eigenvalue weighted by Crippen LogP contribution is 2.28. The molecule has 1 amide bonds. The van der Waals surface area contributed by atoms with Crippen LogP contribution in [0.15, 0.2) is 47.2 Å². The number of aryl methyl sites for hydroxylation is 1. The molecule has 116 valence electrons. The lowest BCUT2D eigenvalue weighted by molar-refractivity contribution is 0.102. The van der Waals surface area contributed by atoms with Crippen molar-refractivity contribution in [3.63, 3.8) is 0 Å². The quantitative estimate of drug-likeness (QED) is 0.751. The molecule has 1 N–H and O–H groups in total. The fourth-order valence-corrected chi connectivity index (χ4v) is 2.44. The first-order valence-corrected chi connectivity index (χ1v) is 7.44. The Bertz CT molecular complexity index is 864. The number of halogens is 2. The Morgan fingerprint density at radius 1 is 1.22 bits per heavy atom. The third-order valence-electron chi connectivity index (χ3n) is 3.29. The number of anilines is 1. The van der Waals surface area contributed by atoms with Gasteiger partial charge in [-0.3, -0.25) is 4.79 Å². The van der Waals surface area contributed by atoms with Gasteiger partial charge in [-0.25, -0.2) is 0 Å². The Labute approximate surface area is 142 Å². The molecule has 1 heterocycles. The predicted octanol–water partition coefficient (Wildman–Crippen LogP) is 4.60. The van der Waals surface area contributed by atoms with Crippen LogP contribution in [0.25, 0.3) is 11.5 Å². The van der Waals surface area contributed by atoms with E-state index in [0.29, 0.717) is 27.7 Å². The number of nitrogens with one attached hydrogen (secondary N) is 1. The third kappa shape index (κ3) is 3.21. The van der Waals surface area contributed by atoms with Crippen LogP contribution in [-0.2, 0) is 0 Å². The summed E-state index contributed by atoms with van der Waals surface area (Å²) in [6.45, 7) is 1.88. The monoisotopic (exact) mass is 347 g/mol. The fraction of sp³-hybridized carbons (Fsp3) is 0.0625. The molecule has 0 fully saturated rings. The zero-order valence-corrected chi connectivity index (χ0v) is 13.5.